The number of hydrogen-bond donors (Lipinski definition) is 0. The molecule has 0 saturated carbocycles. The van der Waals surface area contributed by atoms with Crippen molar-refractivity contribution in [3.05, 3.63) is 86.7 Å². The number of fused-ring (bicyclic) bond motifs is 1. The fraction of sp³-hybridized carbons (Fsp3) is 0.174. The van der Waals surface area contributed by atoms with Crippen molar-refractivity contribution in [1.29, 1.82) is 0 Å². The van der Waals surface area contributed by atoms with Gasteiger partial charge in [0.25, 0.3) is 5.56 Å². The Morgan fingerprint density at radius 3 is 2.36 bits per heavy atom. The summed E-state index contributed by atoms with van der Waals surface area (Å²) in [4.78, 5) is 17.8. The quantitative estimate of drug-likeness (QED) is 0.526. The van der Waals surface area contributed by atoms with Gasteiger partial charge in [-0.2, -0.15) is 9.50 Å². The minimum Gasteiger partial charge on any atom is -0.266 e. The second-order valence-corrected chi connectivity index (χ2v) is 8.67. The second kappa shape index (κ2) is 7.17. The second-order valence-electron chi connectivity index (χ2n) is 7.67. The first-order chi connectivity index (χ1) is 13.4. The predicted octanol–water partition coefficient (Wildman–Crippen LogP) is 4.33. The minimum atomic E-state index is -0.136. The summed E-state index contributed by atoms with van der Waals surface area (Å²) in [5, 5.41) is 4.42. The normalized spacial score (nSPS) is 13.0. The van der Waals surface area contributed by atoms with Gasteiger partial charge in [0.2, 0.25) is 4.96 Å². The average Bonchev–Trinajstić information content (AvgIpc) is 3.22. The van der Waals surface area contributed by atoms with Gasteiger partial charge in [-0.05, 0) is 22.6 Å². The van der Waals surface area contributed by atoms with Gasteiger partial charge in [-0.1, -0.05) is 98.9 Å². The van der Waals surface area contributed by atoms with Gasteiger partial charge >= 0.3 is 0 Å². The maximum absolute atomic E-state index is 12.6. The standard InChI is InChI=1S/C23H21N3OS/c1-23(2,3)18-14-12-17(13-15-18)20-24-22-26(25-20)21(27)19(28-22)11-7-10-16-8-5-4-6-9-16/h4-15H,1-3H3/b10-7+,19-11-. The number of rotatable bonds is 3. The Morgan fingerprint density at radius 2 is 1.71 bits per heavy atom. The van der Waals surface area contributed by atoms with Crippen molar-refractivity contribution in [3.8, 4) is 11.4 Å². The third-order valence-corrected chi connectivity index (χ3v) is 5.50. The molecule has 28 heavy (non-hydrogen) atoms. The van der Waals surface area contributed by atoms with E-state index in [1.165, 1.54) is 21.4 Å². The number of allylic oxidation sites excluding steroid dienone is 1. The van der Waals surface area contributed by atoms with Crippen molar-refractivity contribution < 1.29 is 0 Å². The molecule has 0 spiro atoms. The molecule has 0 aliphatic carbocycles. The molecule has 0 N–H and O–H groups in total. The predicted molar refractivity (Wildman–Crippen MR) is 116 cm³/mol. The van der Waals surface area contributed by atoms with Crippen LogP contribution < -0.4 is 10.1 Å². The van der Waals surface area contributed by atoms with Crippen LogP contribution in [0.3, 0.4) is 0 Å². The average molecular weight is 388 g/mol. The molecule has 4 aromatic rings. The third-order valence-electron chi connectivity index (χ3n) is 4.53. The molecule has 2 aromatic heterocycles. The molecular formula is C23H21N3OS. The third kappa shape index (κ3) is 3.66. The molecule has 2 aromatic carbocycles. The van der Waals surface area contributed by atoms with E-state index in [1.807, 2.05) is 60.7 Å². The molecule has 0 bridgehead atoms. The monoisotopic (exact) mass is 387 g/mol. The molecule has 0 atom stereocenters. The first kappa shape index (κ1) is 18.3. The SMILES string of the molecule is CC(C)(C)c1ccc(-c2nc3s/c(=C\C=C\c4ccccc4)c(=O)n3n2)cc1. The van der Waals surface area contributed by atoms with Gasteiger partial charge in [-0.25, -0.2) is 0 Å². The van der Waals surface area contributed by atoms with Crippen molar-refractivity contribution in [2.45, 2.75) is 26.2 Å². The molecule has 0 saturated heterocycles. The van der Waals surface area contributed by atoms with Gasteiger partial charge in [-0.15, -0.1) is 5.10 Å². The lowest BCUT2D eigenvalue weighted by Crippen LogP contribution is -2.23. The summed E-state index contributed by atoms with van der Waals surface area (Å²) in [7, 11) is 0. The van der Waals surface area contributed by atoms with E-state index < -0.39 is 0 Å². The van der Waals surface area contributed by atoms with E-state index in [0.29, 0.717) is 15.3 Å². The molecule has 0 fully saturated rings. The summed E-state index contributed by atoms with van der Waals surface area (Å²) in [6.45, 7) is 6.54. The Morgan fingerprint density at radius 1 is 1.00 bits per heavy atom. The molecule has 4 rings (SSSR count). The highest BCUT2D eigenvalue weighted by Crippen LogP contribution is 2.25. The molecule has 0 unspecified atom stereocenters. The zero-order chi connectivity index (χ0) is 19.7. The summed E-state index contributed by atoms with van der Waals surface area (Å²) in [5.74, 6) is 0.579. The van der Waals surface area contributed by atoms with Crippen molar-refractivity contribution in [3.63, 3.8) is 0 Å². The van der Waals surface area contributed by atoms with Crippen LogP contribution in [0.4, 0.5) is 0 Å². The summed E-state index contributed by atoms with van der Waals surface area (Å²) in [5.41, 5.74) is 3.22. The van der Waals surface area contributed by atoms with Crippen molar-refractivity contribution in [2.24, 2.45) is 0 Å². The van der Waals surface area contributed by atoms with E-state index in [9.17, 15) is 4.79 Å². The molecule has 5 heteroatoms. The van der Waals surface area contributed by atoms with Gasteiger partial charge in [0.15, 0.2) is 5.82 Å². The number of benzene rings is 2. The van der Waals surface area contributed by atoms with Gasteiger partial charge < -0.3 is 0 Å². The molecule has 0 radical (unpaired) electrons. The zero-order valence-corrected chi connectivity index (χ0v) is 16.9. The Hall–Kier alpha value is -3.05. The maximum atomic E-state index is 12.6. The first-order valence-electron chi connectivity index (χ1n) is 9.16. The summed E-state index contributed by atoms with van der Waals surface area (Å²) >= 11 is 1.35. The molecule has 0 amide bonds. The smallest absolute Gasteiger partial charge is 0.266 e. The molecular weight excluding hydrogens is 366 g/mol. The van der Waals surface area contributed by atoms with Crippen LogP contribution in [0, 0.1) is 0 Å². The van der Waals surface area contributed by atoms with Gasteiger partial charge in [0, 0.05) is 5.56 Å². The van der Waals surface area contributed by atoms with Crippen LogP contribution in [0.2, 0.25) is 0 Å². The molecule has 0 aliphatic rings. The van der Waals surface area contributed by atoms with E-state index in [0.717, 1.165) is 11.1 Å². The lowest BCUT2D eigenvalue weighted by Gasteiger charge is -2.18. The van der Waals surface area contributed by atoms with E-state index in [1.54, 1.807) is 0 Å². The largest absolute Gasteiger partial charge is 0.291 e. The zero-order valence-electron chi connectivity index (χ0n) is 16.1. The van der Waals surface area contributed by atoms with E-state index in [2.05, 4.69) is 43.0 Å². The highest BCUT2D eigenvalue weighted by Gasteiger charge is 2.15. The fourth-order valence-corrected chi connectivity index (χ4v) is 3.76. The van der Waals surface area contributed by atoms with Crippen LogP contribution in [0.25, 0.3) is 28.5 Å². The molecule has 2 heterocycles. The van der Waals surface area contributed by atoms with Crippen LogP contribution >= 0.6 is 11.3 Å². The number of nitrogens with zero attached hydrogens (tertiary/aromatic N) is 3. The lowest BCUT2D eigenvalue weighted by molar-refractivity contribution is 0.590. The van der Waals surface area contributed by atoms with E-state index >= 15 is 0 Å². The summed E-state index contributed by atoms with van der Waals surface area (Å²) in [6, 6.07) is 18.2. The van der Waals surface area contributed by atoms with Gasteiger partial charge in [0.05, 0.1) is 4.53 Å². The Kier molecular flexibility index (Phi) is 4.69. The summed E-state index contributed by atoms with van der Waals surface area (Å²) in [6.07, 6.45) is 5.67. The van der Waals surface area contributed by atoms with Gasteiger partial charge in [-0.3, -0.25) is 4.79 Å². The lowest BCUT2D eigenvalue weighted by atomic mass is 9.87. The van der Waals surface area contributed by atoms with Crippen LogP contribution in [-0.4, -0.2) is 14.6 Å². The Labute approximate surface area is 167 Å². The van der Waals surface area contributed by atoms with Gasteiger partial charge in [0.1, 0.15) is 0 Å². The van der Waals surface area contributed by atoms with Crippen molar-refractivity contribution in [1.82, 2.24) is 14.6 Å². The molecule has 0 aliphatic heterocycles. The van der Waals surface area contributed by atoms with Crippen molar-refractivity contribution >= 4 is 28.4 Å². The van der Waals surface area contributed by atoms with Crippen LogP contribution in [0.15, 0.2) is 65.5 Å². The number of hydrogen-bond acceptors (Lipinski definition) is 4. The van der Waals surface area contributed by atoms with E-state index in [-0.39, 0.29) is 11.0 Å². The van der Waals surface area contributed by atoms with Crippen LogP contribution in [0.5, 0.6) is 0 Å². The first-order valence-corrected chi connectivity index (χ1v) is 9.97. The fourth-order valence-electron chi connectivity index (χ4n) is 2.90. The minimum absolute atomic E-state index is 0.0979. The molecule has 140 valence electrons. The van der Waals surface area contributed by atoms with Crippen LogP contribution in [-0.2, 0) is 5.41 Å². The Balaban J connectivity index is 1.64. The Bertz CT molecular complexity index is 1240. The highest BCUT2D eigenvalue weighted by molar-refractivity contribution is 7.15. The highest BCUT2D eigenvalue weighted by atomic mass is 32.1. The number of thiazole rings is 1. The molecule has 4 nitrogen and oxygen atoms in total. The van der Waals surface area contributed by atoms with Crippen LogP contribution in [0.1, 0.15) is 31.9 Å². The maximum Gasteiger partial charge on any atom is 0.291 e. The number of aromatic nitrogens is 3. The topological polar surface area (TPSA) is 47.3 Å². The summed E-state index contributed by atoms with van der Waals surface area (Å²) < 4.78 is 2.01. The van der Waals surface area contributed by atoms with E-state index in [4.69, 9.17) is 0 Å². The van der Waals surface area contributed by atoms with Crippen molar-refractivity contribution in [2.75, 3.05) is 0 Å².